The molecule has 0 atom stereocenters. The number of nitrogens with one attached hydrogen (secondary N) is 1. The van der Waals surface area contributed by atoms with Crippen molar-refractivity contribution in [2.75, 3.05) is 5.32 Å². The number of fused-ring (bicyclic) bond motifs is 1. The van der Waals surface area contributed by atoms with Crippen molar-refractivity contribution in [2.24, 2.45) is 0 Å². The number of hydrogen-bond acceptors (Lipinski definition) is 7. The fourth-order valence-corrected chi connectivity index (χ4v) is 3.89. The summed E-state index contributed by atoms with van der Waals surface area (Å²) in [7, 11) is 0. The maximum atomic E-state index is 6.19. The summed E-state index contributed by atoms with van der Waals surface area (Å²) in [6.07, 6.45) is 16.2. The van der Waals surface area contributed by atoms with Crippen molar-refractivity contribution in [2.45, 2.75) is 12.8 Å². The molecule has 2 aromatic heterocycles. The molecule has 6 rings (SSSR count). The van der Waals surface area contributed by atoms with Crippen LogP contribution in [-0.2, 0) is 9.47 Å². The van der Waals surface area contributed by atoms with Gasteiger partial charge in [-0.05, 0) is 60.9 Å². The molecule has 3 heterocycles. The standard InChI is InChI=1S/C26H20N6O2/c1-2-4-18(5-3-1)24-13-33-14-25(34-24)19-6-11-23-22(12-19)26(29-16-28-23)31-20-7-9-21(10-8-20)32-17-27-15-30-32/h1-2,4,6-17H,3,5H2,(H,28,29,31). The van der Waals surface area contributed by atoms with Crippen LogP contribution in [0.5, 0.6) is 0 Å². The highest BCUT2D eigenvalue weighted by atomic mass is 16.5. The Morgan fingerprint density at radius 1 is 0.941 bits per heavy atom. The van der Waals surface area contributed by atoms with E-state index < -0.39 is 0 Å². The van der Waals surface area contributed by atoms with Crippen LogP contribution in [0.4, 0.5) is 11.5 Å². The van der Waals surface area contributed by atoms with Gasteiger partial charge in [0.05, 0.1) is 11.2 Å². The molecule has 0 saturated heterocycles. The summed E-state index contributed by atoms with van der Waals surface area (Å²) >= 11 is 0. The van der Waals surface area contributed by atoms with Gasteiger partial charge in [-0.1, -0.05) is 18.2 Å². The van der Waals surface area contributed by atoms with Gasteiger partial charge in [-0.15, -0.1) is 0 Å². The van der Waals surface area contributed by atoms with Crippen molar-refractivity contribution in [1.29, 1.82) is 0 Å². The van der Waals surface area contributed by atoms with Crippen LogP contribution in [0.3, 0.4) is 0 Å². The number of aromatic nitrogens is 5. The Morgan fingerprint density at radius 3 is 2.68 bits per heavy atom. The minimum atomic E-state index is 0.641. The van der Waals surface area contributed by atoms with E-state index in [-0.39, 0.29) is 0 Å². The average molecular weight is 448 g/mol. The third kappa shape index (κ3) is 3.93. The predicted molar refractivity (Wildman–Crippen MR) is 129 cm³/mol. The number of hydrogen-bond donors (Lipinski definition) is 1. The van der Waals surface area contributed by atoms with Crippen molar-refractivity contribution in [3.05, 3.63) is 109 Å². The van der Waals surface area contributed by atoms with Gasteiger partial charge >= 0.3 is 0 Å². The van der Waals surface area contributed by atoms with Crippen molar-refractivity contribution >= 4 is 28.2 Å². The van der Waals surface area contributed by atoms with Gasteiger partial charge < -0.3 is 14.8 Å². The lowest BCUT2D eigenvalue weighted by molar-refractivity contribution is 0.285. The molecule has 1 aliphatic carbocycles. The van der Waals surface area contributed by atoms with Gasteiger partial charge in [-0.3, -0.25) is 0 Å². The molecule has 0 spiro atoms. The summed E-state index contributed by atoms with van der Waals surface area (Å²) < 4.78 is 13.5. The number of benzene rings is 2. The maximum Gasteiger partial charge on any atom is 0.169 e. The Labute approximate surface area is 195 Å². The normalized spacial score (nSPS) is 15.1. The molecule has 8 nitrogen and oxygen atoms in total. The SMILES string of the molecule is C1=CCCC(C2=COC=C(c3ccc4ncnc(Nc5ccc(-n6cncn6)cc5)c4c3)O2)=C1. The van der Waals surface area contributed by atoms with E-state index in [4.69, 9.17) is 9.47 Å². The van der Waals surface area contributed by atoms with E-state index in [0.29, 0.717) is 11.6 Å². The number of rotatable bonds is 5. The number of nitrogens with zero attached hydrogens (tertiary/aromatic N) is 5. The maximum absolute atomic E-state index is 6.19. The molecule has 166 valence electrons. The Hall–Kier alpha value is -4.72. The lowest BCUT2D eigenvalue weighted by Crippen LogP contribution is -2.04. The van der Waals surface area contributed by atoms with E-state index in [2.05, 4.69) is 37.5 Å². The zero-order valence-corrected chi connectivity index (χ0v) is 18.1. The fraction of sp³-hybridized carbons (Fsp3) is 0.0769. The molecule has 34 heavy (non-hydrogen) atoms. The number of ether oxygens (including phenoxy) is 2. The molecule has 1 N–H and O–H groups in total. The molecule has 2 aromatic carbocycles. The summed E-state index contributed by atoms with van der Waals surface area (Å²) in [5, 5.41) is 8.43. The second-order valence-corrected chi connectivity index (χ2v) is 7.83. The van der Waals surface area contributed by atoms with Crippen LogP contribution in [0.15, 0.2) is 104 Å². The molecule has 0 fully saturated rings. The van der Waals surface area contributed by atoms with E-state index in [1.807, 2.05) is 48.5 Å². The van der Waals surface area contributed by atoms with Crippen molar-refractivity contribution in [3.8, 4) is 5.69 Å². The minimum absolute atomic E-state index is 0.641. The largest absolute Gasteiger partial charge is 0.465 e. The number of anilines is 2. The molecule has 0 radical (unpaired) electrons. The average Bonchev–Trinajstić information content (AvgIpc) is 3.45. The van der Waals surface area contributed by atoms with Crippen molar-refractivity contribution in [1.82, 2.24) is 24.7 Å². The quantitative estimate of drug-likeness (QED) is 0.436. The molecule has 2 aliphatic rings. The van der Waals surface area contributed by atoms with Crippen LogP contribution < -0.4 is 5.32 Å². The van der Waals surface area contributed by atoms with Crippen LogP contribution in [0, 0.1) is 0 Å². The van der Waals surface area contributed by atoms with Crippen LogP contribution >= 0.6 is 0 Å². The van der Waals surface area contributed by atoms with E-state index in [1.165, 1.54) is 6.33 Å². The van der Waals surface area contributed by atoms with Crippen LogP contribution in [-0.4, -0.2) is 24.7 Å². The Kier molecular flexibility index (Phi) is 5.08. The molecule has 0 bridgehead atoms. The van der Waals surface area contributed by atoms with E-state index in [9.17, 15) is 0 Å². The Bertz CT molecular complexity index is 1470. The topological polar surface area (TPSA) is 87.0 Å². The van der Waals surface area contributed by atoms with Gasteiger partial charge in [0.25, 0.3) is 0 Å². The van der Waals surface area contributed by atoms with Gasteiger partial charge in [0.1, 0.15) is 37.3 Å². The van der Waals surface area contributed by atoms with E-state index >= 15 is 0 Å². The fourth-order valence-electron chi connectivity index (χ4n) is 3.89. The monoisotopic (exact) mass is 448 g/mol. The molecule has 0 unspecified atom stereocenters. The second-order valence-electron chi connectivity index (χ2n) is 7.83. The van der Waals surface area contributed by atoms with Gasteiger partial charge in [0.2, 0.25) is 0 Å². The summed E-state index contributed by atoms with van der Waals surface area (Å²) in [4.78, 5) is 12.9. The number of allylic oxidation sites excluding steroid dienone is 4. The first kappa shape index (κ1) is 19.9. The first-order chi connectivity index (χ1) is 16.8. The second kappa shape index (κ2) is 8.67. The molecule has 4 aromatic rings. The zero-order valence-electron chi connectivity index (χ0n) is 18.1. The zero-order chi connectivity index (χ0) is 22.7. The third-order valence-electron chi connectivity index (χ3n) is 5.63. The van der Waals surface area contributed by atoms with Gasteiger partial charge in [0.15, 0.2) is 11.5 Å². The van der Waals surface area contributed by atoms with Crippen molar-refractivity contribution in [3.63, 3.8) is 0 Å². The molecule has 1 aliphatic heterocycles. The summed E-state index contributed by atoms with van der Waals surface area (Å²) in [5.41, 5.74) is 4.65. The van der Waals surface area contributed by atoms with Crippen LogP contribution in [0.2, 0.25) is 0 Å². The first-order valence-electron chi connectivity index (χ1n) is 10.9. The lowest BCUT2D eigenvalue weighted by Gasteiger charge is -2.20. The Balaban J connectivity index is 1.27. The van der Waals surface area contributed by atoms with Crippen molar-refractivity contribution < 1.29 is 9.47 Å². The molecule has 8 heteroatoms. The highest BCUT2D eigenvalue weighted by Crippen LogP contribution is 2.32. The summed E-state index contributed by atoms with van der Waals surface area (Å²) in [6.45, 7) is 0. The highest BCUT2D eigenvalue weighted by molar-refractivity contribution is 5.92. The lowest BCUT2D eigenvalue weighted by atomic mass is 10.0. The minimum Gasteiger partial charge on any atom is -0.465 e. The van der Waals surface area contributed by atoms with E-state index in [0.717, 1.165) is 52.0 Å². The Morgan fingerprint density at radius 2 is 1.85 bits per heavy atom. The van der Waals surface area contributed by atoms with Crippen LogP contribution in [0.25, 0.3) is 22.3 Å². The third-order valence-corrected chi connectivity index (χ3v) is 5.63. The predicted octanol–water partition coefficient (Wildman–Crippen LogP) is 5.42. The highest BCUT2D eigenvalue weighted by Gasteiger charge is 2.17. The molecular weight excluding hydrogens is 428 g/mol. The van der Waals surface area contributed by atoms with E-state index in [1.54, 1.807) is 29.9 Å². The molecular formula is C26H20N6O2. The van der Waals surface area contributed by atoms with Gasteiger partial charge in [0, 0.05) is 16.6 Å². The summed E-state index contributed by atoms with van der Waals surface area (Å²) in [6, 6.07) is 13.8. The summed E-state index contributed by atoms with van der Waals surface area (Å²) in [5.74, 6) is 2.08. The molecule has 0 amide bonds. The first-order valence-corrected chi connectivity index (χ1v) is 10.9. The van der Waals surface area contributed by atoms with Gasteiger partial charge in [-0.25, -0.2) is 19.6 Å². The smallest absolute Gasteiger partial charge is 0.169 e. The van der Waals surface area contributed by atoms with Gasteiger partial charge in [-0.2, -0.15) is 5.10 Å². The molecule has 0 saturated carbocycles. The van der Waals surface area contributed by atoms with Crippen LogP contribution in [0.1, 0.15) is 18.4 Å².